The van der Waals surface area contributed by atoms with E-state index in [2.05, 4.69) is 15.3 Å². The van der Waals surface area contributed by atoms with Gasteiger partial charge in [-0.15, -0.1) is 0 Å². The largest absolute Gasteiger partial charge is 0.488 e. The first-order valence-electron chi connectivity index (χ1n) is 10.3. The first-order valence-corrected chi connectivity index (χ1v) is 11.2. The number of aliphatic imine (C=N–C) groups is 1. The van der Waals surface area contributed by atoms with Gasteiger partial charge in [-0.2, -0.15) is 9.98 Å². The van der Waals surface area contributed by atoms with E-state index in [1.54, 1.807) is 42.8 Å². The van der Waals surface area contributed by atoms with Crippen molar-refractivity contribution >= 4 is 29.0 Å². The summed E-state index contributed by atoms with van der Waals surface area (Å²) in [5, 5.41) is 4.71. The molecule has 10 nitrogen and oxygen atoms in total. The van der Waals surface area contributed by atoms with E-state index < -0.39 is 5.91 Å². The van der Waals surface area contributed by atoms with Gasteiger partial charge in [-0.1, -0.05) is 11.3 Å². The molecule has 1 saturated heterocycles. The van der Waals surface area contributed by atoms with E-state index in [0.717, 1.165) is 19.5 Å². The van der Waals surface area contributed by atoms with Crippen LogP contribution in [-0.2, 0) is 4.74 Å². The van der Waals surface area contributed by atoms with Gasteiger partial charge in [0.1, 0.15) is 29.1 Å². The second-order valence-corrected chi connectivity index (χ2v) is 8.11. The molecule has 1 fully saturated rings. The van der Waals surface area contributed by atoms with E-state index in [1.165, 1.54) is 23.5 Å². The lowest BCUT2D eigenvalue weighted by Crippen LogP contribution is -2.42. The van der Waals surface area contributed by atoms with Gasteiger partial charge in [-0.25, -0.2) is 0 Å². The highest BCUT2D eigenvalue weighted by Gasteiger charge is 2.24. The molecule has 3 rings (SSSR count). The van der Waals surface area contributed by atoms with Gasteiger partial charge in [0.15, 0.2) is 0 Å². The van der Waals surface area contributed by atoms with Crippen molar-refractivity contribution in [1.29, 1.82) is 0 Å². The van der Waals surface area contributed by atoms with Gasteiger partial charge in [0.05, 0.1) is 6.61 Å². The van der Waals surface area contributed by atoms with Crippen LogP contribution in [0.5, 0.6) is 16.7 Å². The summed E-state index contributed by atoms with van der Waals surface area (Å²) in [6.45, 7) is 3.68. The molecule has 33 heavy (non-hydrogen) atoms. The van der Waals surface area contributed by atoms with Gasteiger partial charge in [0, 0.05) is 44.3 Å². The Bertz CT molecular complexity index is 1050. The molecule has 1 aliphatic rings. The molecule has 2 aromatic rings. The Kier molecular flexibility index (Phi) is 8.39. The van der Waals surface area contributed by atoms with Crippen molar-refractivity contribution < 1.29 is 23.8 Å². The number of methoxy groups -OCH3 is 1. The smallest absolute Gasteiger partial charge is 0.279 e. The first kappa shape index (κ1) is 24.2. The molecule has 2 amide bonds. The molecule has 0 saturated carbocycles. The standard InChI is InChI=1S/C22H27N5O5S/c1-14(12-30-3)31-16-9-15(20(28)26-19(23)5-6-24-2)10-17(11-16)32-22-25-18(13-33-22)21(29)27-7-4-8-27/h5-6,9-11,13-14,24H,4,7-8,12H2,1-3H3,(H2,23,26,28)/b6-5-/t14-/m0/s1. The highest BCUT2D eigenvalue weighted by molar-refractivity contribution is 7.11. The Labute approximate surface area is 196 Å². The number of rotatable bonds is 10. The third-order valence-electron chi connectivity index (χ3n) is 4.57. The maximum absolute atomic E-state index is 12.7. The van der Waals surface area contributed by atoms with Gasteiger partial charge in [-0.3, -0.25) is 9.59 Å². The molecule has 1 atom stereocenters. The van der Waals surface area contributed by atoms with Gasteiger partial charge >= 0.3 is 0 Å². The number of likely N-dealkylation sites (tertiary alicyclic amines) is 1. The molecule has 0 aliphatic carbocycles. The molecule has 3 N–H and O–H groups in total. The third kappa shape index (κ3) is 6.77. The molecule has 0 bridgehead atoms. The summed E-state index contributed by atoms with van der Waals surface area (Å²) >= 11 is 1.20. The van der Waals surface area contributed by atoms with Crippen LogP contribution >= 0.6 is 11.3 Å². The Balaban J connectivity index is 1.84. The minimum Gasteiger partial charge on any atom is -0.488 e. The zero-order chi connectivity index (χ0) is 23.8. The van der Waals surface area contributed by atoms with Crippen LogP contribution < -0.4 is 20.5 Å². The van der Waals surface area contributed by atoms with E-state index in [4.69, 9.17) is 19.9 Å². The number of carbonyl (C=O) groups excluding carboxylic acids is 2. The zero-order valence-corrected chi connectivity index (χ0v) is 19.6. The number of nitrogens with zero attached hydrogens (tertiary/aromatic N) is 3. The van der Waals surface area contributed by atoms with Gasteiger partial charge in [-0.05, 0) is 37.8 Å². The molecule has 11 heteroatoms. The zero-order valence-electron chi connectivity index (χ0n) is 18.7. The molecule has 0 spiro atoms. The normalized spacial score (nSPS) is 14.6. The number of aromatic nitrogens is 1. The van der Waals surface area contributed by atoms with E-state index in [0.29, 0.717) is 23.8 Å². The number of amides is 2. The van der Waals surface area contributed by atoms with Crippen LogP contribution in [0.4, 0.5) is 0 Å². The van der Waals surface area contributed by atoms with Crippen LogP contribution in [0, 0.1) is 0 Å². The van der Waals surface area contributed by atoms with Crippen LogP contribution in [-0.4, -0.2) is 67.5 Å². The van der Waals surface area contributed by atoms with Crippen LogP contribution in [0.2, 0.25) is 0 Å². The molecule has 1 aliphatic heterocycles. The predicted molar refractivity (Wildman–Crippen MR) is 125 cm³/mol. The molecular weight excluding hydrogens is 446 g/mol. The summed E-state index contributed by atoms with van der Waals surface area (Å²) in [5.41, 5.74) is 6.33. The highest BCUT2D eigenvalue weighted by atomic mass is 32.1. The fourth-order valence-electron chi connectivity index (χ4n) is 2.90. The summed E-state index contributed by atoms with van der Waals surface area (Å²) in [4.78, 5) is 34.9. The maximum atomic E-state index is 12.7. The predicted octanol–water partition coefficient (Wildman–Crippen LogP) is 2.43. The number of benzene rings is 1. The van der Waals surface area contributed by atoms with Crippen molar-refractivity contribution in [1.82, 2.24) is 15.2 Å². The number of amidine groups is 1. The summed E-state index contributed by atoms with van der Waals surface area (Å²) in [7, 11) is 3.28. The van der Waals surface area contributed by atoms with Crippen molar-refractivity contribution in [2.75, 3.05) is 33.9 Å². The molecule has 1 aromatic carbocycles. The maximum Gasteiger partial charge on any atom is 0.279 e. The summed E-state index contributed by atoms with van der Waals surface area (Å²) < 4.78 is 16.8. The second-order valence-electron chi connectivity index (χ2n) is 7.29. The minimum absolute atomic E-state index is 0.0463. The molecule has 1 aromatic heterocycles. The number of ether oxygens (including phenoxy) is 3. The highest BCUT2D eigenvalue weighted by Crippen LogP contribution is 2.31. The molecule has 0 radical (unpaired) electrons. The topological polar surface area (TPSA) is 128 Å². The van der Waals surface area contributed by atoms with E-state index >= 15 is 0 Å². The Morgan fingerprint density at radius 1 is 1.33 bits per heavy atom. The third-order valence-corrected chi connectivity index (χ3v) is 5.29. The van der Waals surface area contributed by atoms with E-state index in [-0.39, 0.29) is 28.6 Å². The number of nitrogens with one attached hydrogen (secondary N) is 1. The average molecular weight is 474 g/mol. The van der Waals surface area contributed by atoms with Crippen molar-refractivity contribution in [3.05, 3.63) is 47.1 Å². The second kappa shape index (κ2) is 11.4. The molecular formula is C22H27N5O5S. The first-order chi connectivity index (χ1) is 15.9. The van der Waals surface area contributed by atoms with Crippen molar-refractivity contribution in [3.8, 4) is 16.7 Å². The van der Waals surface area contributed by atoms with Crippen LogP contribution in [0.1, 0.15) is 34.2 Å². The van der Waals surface area contributed by atoms with Crippen LogP contribution in [0.15, 0.2) is 40.8 Å². The Morgan fingerprint density at radius 2 is 2.09 bits per heavy atom. The summed E-state index contributed by atoms with van der Waals surface area (Å²) in [5.74, 6) is 0.0829. The van der Waals surface area contributed by atoms with Gasteiger partial charge < -0.3 is 30.2 Å². The fourth-order valence-corrected chi connectivity index (χ4v) is 3.56. The lowest BCUT2D eigenvalue weighted by molar-refractivity contribution is 0.0646. The minimum atomic E-state index is -0.560. The van der Waals surface area contributed by atoms with Crippen molar-refractivity contribution in [2.45, 2.75) is 19.4 Å². The lowest BCUT2D eigenvalue weighted by Gasteiger charge is -2.29. The van der Waals surface area contributed by atoms with Crippen molar-refractivity contribution in [3.63, 3.8) is 0 Å². The monoisotopic (exact) mass is 473 g/mol. The average Bonchev–Trinajstić information content (AvgIpc) is 3.19. The van der Waals surface area contributed by atoms with Crippen LogP contribution in [0.3, 0.4) is 0 Å². The number of thiazole rings is 1. The Morgan fingerprint density at radius 3 is 2.76 bits per heavy atom. The van der Waals surface area contributed by atoms with E-state index in [9.17, 15) is 9.59 Å². The quantitative estimate of drug-likeness (QED) is 0.398. The number of nitrogens with two attached hydrogens (primary N) is 1. The fraction of sp³-hybridized carbons (Fsp3) is 0.364. The lowest BCUT2D eigenvalue weighted by atomic mass is 10.2. The molecule has 176 valence electrons. The number of hydrogen-bond acceptors (Lipinski definition) is 8. The summed E-state index contributed by atoms with van der Waals surface area (Å²) in [6, 6.07) is 4.71. The molecule has 2 heterocycles. The number of hydrogen-bond donors (Lipinski definition) is 2. The summed E-state index contributed by atoms with van der Waals surface area (Å²) in [6.07, 6.45) is 3.78. The number of carbonyl (C=O) groups is 2. The molecule has 0 unspecified atom stereocenters. The Hall–Kier alpha value is -3.44. The van der Waals surface area contributed by atoms with Gasteiger partial charge in [0.2, 0.25) is 0 Å². The van der Waals surface area contributed by atoms with Gasteiger partial charge in [0.25, 0.3) is 17.0 Å². The van der Waals surface area contributed by atoms with E-state index in [1.807, 2.05) is 6.92 Å². The SMILES string of the molecule is CN/C=C\C(N)=NC(=O)c1cc(Oc2nc(C(=O)N3CCC3)cs2)cc(O[C@@H](C)COC)c1. The van der Waals surface area contributed by atoms with Crippen molar-refractivity contribution in [2.24, 2.45) is 10.7 Å². The van der Waals surface area contributed by atoms with Crippen LogP contribution in [0.25, 0.3) is 0 Å².